The summed E-state index contributed by atoms with van der Waals surface area (Å²) in [6.07, 6.45) is 19.5. The molecule has 14 heterocycles. The van der Waals surface area contributed by atoms with Gasteiger partial charge in [-0.1, -0.05) is 182 Å². The van der Waals surface area contributed by atoms with E-state index in [1.807, 2.05) is 170 Å². The van der Waals surface area contributed by atoms with Crippen molar-refractivity contribution in [3.63, 3.8) is 0 Å². The maximum Gasteiger partial charge on any atom is 0.355 e. The SMILES string of the molecule is COC(=O)c1c2c(c3cc(-c4c5nc(c(-c6ccccc6)c6ccc([nH]6)c(-c6ccccc6)c6nc(c(-c7ccccc7)c7ccc4[nH]7)C=C6)C=C5)ccn13)C(=O)c1c(c3cc(-c4c5nc(c(-c6ccccc6)c6ccc([nH]6)c(-c6ccccc6)c6nc(c(-c7ccccc7)c7ccc4[nH]7)C=C6)C=C5)ccn3c1C(=O)OC)C2=O. The molecule has 5 aliphatic rings. The number of aromatic amines is 4. The second-order valence-corrected chi connectivity index (χ2v) is 28.4. The van der Waals surface area contributed by atoms with E-state index in [0.717, 1.165) is 123 Å². The highest BCUT2D eigenvalue weighted by atomic mass is 16.5. The van der Waals surface area contributed by atoms with Crippen molar-refractivity contribution in [3.05, 3.63) is 346 Å². The van der Waals surface area contributed by atoms with Crippen molar-refractivity contribution in [2.45, 2.75) is 0 Å². The summed E-state index contributed by atoms with van der Waals surface area (Å²) in [7, 11) is 2.48. The third kappa shape index (κ3) is 10.7. The van der Waals surface area contributed by atoms with Gasteiger partial charge in [-0.3, -0.25) is 9.59 Å². The monoisotopic (exact) mass is 1470 g/mol. The van der Waals surface area contributed by atoms with E-state index < -0.39 is 23.5 Å². The van der Waals surface area contributed by atoms with Gasteiger partial charge in [0.2, 0.25) is 0 Å². The summed E-state index contributed by atoms with van der Waals surface area (Å²) in [6.45, 7) is 0. The molecule has 0 fully saturated rings. The first-order chi connectivity index (χ1) is 56.1. The number of pyridine rings is 2. The Bertz CT molecular complexity index is 6850. The van der Waals surface area contributed by atoms with E-state index in [9.17, 15) is 9.59 Å². The molecule has 4 N–H and O–H groups in total. The summed E-state index contributed by atoms with van der Waals surface area (Å²) in [5.74, 6) is -3.12. The number of hydrogen-bond acceptors (Lipinski definition) is 10. The summed E-state index contributed by atoms with van der Waals surface area (Å²) < 4.78 is 14.2. The van der Waals surface area contributed by atoms with Gasteiger partial charge in [0.1, 0.15) is 11.4 Å². The molecule has 16 bridgehead atoms. The number of esters is 2. The molecule has 1 aliphatic carbocycles. The topological polar surface area (TPSA) is 210 Å². The number of carbonyl (C=O) groups is 4. The number of carbonyl (C=O) groups excluding carboxylic acids is 4. The van der Waals surface area contributed by atoms with Crippen molar-refractivity contribution in [2.24, 2.45) is 0 Å². The van der Waals surface area contributed by atoms with Crippen LogP contribution in [0, 0.1) is 0 Å². The van der Waals surface area contributed by atoms with Gasteiger partial charge in [0, 0.05) is 101 Å². The fourth-order valence-corrected chi connectivity index (χ4v) is 17.0. The van der Waals surface area contributed by atoms with Crippen LogP contribution in [0.5, 0.6) is 0 Å². The first kappa shape index (κ1) is 66.5. The number of rotatable bonds is 10. The van der Waals surface area contributed by atoms with Gasteiger partial charge >= 0.3 is 11.9 Å². The fourth-order valence-electron chi connectivity index (χ4n) is 17.0. The van der Waals surface area contributed by atoms with Crippen LogP contribution in [-0.2, 0) is 9.47 Å². The zero-order valence-electron chi connectivity index (χ0n) is 61.2. The normalized spacial score (nSPS) is 12.6. The van der Waals surface area contributed by atoms with Gasteiger partial charge in [-0.25, -0.2) is 29.5 Å². The van der Waals surface area contributed by atoms with Gasteiger partial charge in [0.15, 0.2) is 11.6 Å². The molecule has 10 aromatic heterocycles. The minimum Gasteiger partial charge on any atom is -0.464 e. The van der Waals surface area contributed by atoms with Crippen molar-refractivity contribution in [1.29, 1.82) is 0 Å². The van der Waals surface area contributed by atoms with E-state index in [4.69, 9.17) is 29.4 Å². The van der Waals surface area contributed by atoms with Gasteiger partial charge in [0.25, 0.3) is 0 Å². The van der Waals surface area contributed by atoms with E-state index in [-0.39, 0.29) is 44.7 Å². The summed E-state index contributed by atoms with van der Waals surface area (Å²) in [5.41, 5.74) is 24.4. The lowest BCUT2D eigenvalue weighted by Crippen LogP contribution is -2.23. The molecule has 114 heavy (non-hydrogen) atoms. The molecule has 540 valence electrons. The first-order valence-electron chi connectivity index (χ1n) is 37.4. The molecule has 4 aliphatic heterocycles. The van der Waals surface area contributed by atoms with E-state index in [0.29, 0.717) is 56.1 Å². The Morgan fingerprint density at radius 3 is 0.658 bits per heavy atom. The van der Waals surface area contributed by atoms with E-state index in [1.165, 1.54) is 23.0 Å². The number of methoxy groups -OCH3 is 2. The van der Waals surface area contributed by atoms with Crippen LogP contribution < -0.4 is 0 Å². The fraction of sp³-hybridized carbons (Fsp3) is 0.0204. The van der Waals surface area contributed by atoms with Crippen LogP contribution in [0.15, 0.2) is 267 Å². The third-order valence-corrected chi connectivity index (χ3v) is 22.0. The predicted molar refractivity (Wildman–Crippen MR) is 453 cm³/mol. The van der Waals surface area contributed by atoms with Gasteiger partial charge in [0.05, 0.1) is 93.1 Å². The number of hydrogen-bond donors (Lipinski definition) is 4. The van der Waals surface area contributed by atoms with E-state index >= 15 is 9.59 Å². The number of H-pyrrole nitrogens is 4. The average molecular weight is 1480 g/mol. The lowest BCUT2D eigenvalue weighted by Gasteiger charge is -2.13. The lowest BCUT2D eigenvalue weighted by atomic mass is 9.84. The highest BCUT2D eigenvalue weighted by Crippen LogP contribution is 2.46. The number of fused-ring (bicyclic) bond motifs is 22. The largest absolute Gasteiger partial charge is 0.464 e. The van der Waals surface area contributed by atoms with Crippen LogP contribution in [0.3, 0.4) is 0 Å². The molecule has 0 saturated heterocycles. The van der Waals surface area contributed by atoms with Crippen molar-refractivity contribution in [2.75, 3.05) is 14.2 Å². The molecule has 0 atom stereocenters. The van der Waals surface area contributed by atoms with Gasteiger partial charge in [-0.2, -0.15) is 0 Å². The molecule has 0 amide bonds. The highest BCUT2D eigenvalue weighted by molar-refractivity contribution is 6.37. The number of ether oxygens (including phenoxy) is 2. The summed E-state index contributed by atoms with van der Waals surface area (Å²) in [4.78, 5) is 100. The molecule has 6 aromatic carbocycles. The Kier molecular flexibility index (Phi) is 15.5. The molecule has 16 aromatic rings. The number of aromatic nitrogens is 10. The molecular formula is C98H62N10O6. The Morgan fingerprint density at radius 2 is 0.456 bits per heavy atom. The van der Waals surface area contributed by atoms with Crippen LogP contribution in [-0.4, -0.2) is 86.4 Å². The maximum absolute atomic E-state index is 16.5. The van der Waals surface area contributed by atoms with Gasteiger partial charge < -0.3 is 38.2 Å². The molecule has 16 nitrogen and oxygen atoms in total. The molecule has 0 radical (unpaired) electrons. The Balaban J connectivity index is 0.795. The number of nitrogens with one attached hydrogen (secondary N) is 4. The number of benzene rings is 6. The maximum atomic E-state index is 16.5. The van der Waals surface area contributed by atoms with Crippen molar-refractivity contribution < 1.29 is 28.7 Å². The molecule has 21 rings (SSSR count). The van der Waals surface area contributed by atoms with Crippen LogP contribution in [0.25, 0.3) is 193 Å². The smallest absolute Gasteiger partial charge is 0.355 e. The minimum atomic E-state index is -0.869. The van der Waals surface area contributed by atoms with Crippen molar-refractivity contribution >= 4 is 127 Å². The highest BCUT2D eigenvalue weighted by Gasteiger charge is 2.44. The molecule has 0 unspecified atom stereocenters. The van der Waals surface area contributed by atoms with Gasteiger partial charge in [-0.05, 0) is 166 Å². The zero-order valence-corrected chi connectivity index (χ0v) is 61.2. The standard InChI is InChI=1S/C98H62N10O6/c1-113-97(111)93-91-89(79-53-61(49-51-107(79)93)87-75-45-41-71(103-75)83(57-25-13-5-14-26-57)67-37-33-63(99-67)81(55-21-9-3-10-22-55)64-34-38-68(100-64)84(58-27-15-6-16-28-58)72-42-46-76(87)104-72)96(110)92-90(95(91)109)80-54-62(50-52-108(80)94(92)98(112)114-2)88-77-47-43-73(105-77)85(59-29-17-7-18-30-59)69-39-35-65(101-69)82(56-23-11-4-12-24-56)66-36-40-70(102-66)86(60-31-19-8-20-32-60)74-44-48-78(88)106-74/h3-54,99,101,104,106H,1-2H3. The molecule has 0 saturated carbocycles. The van der Waals surface area contributed by atoms with Gasteiger partial charge in [-0.15, -0.1) is 0 Å². The van der Waals surface area contributed by atoms with Crippen LogP contribution >= 0.6 is 0 Å². The van der Waals surface area contributed by atoms with Crippen LogP contribution in [0.4, 0.5) is 0 Å². The zero-order chi connectivity index (χ0) is 76.4. The van der Waals surface area contributed by atoms with Crippen LogP contribution in [0.1, 0.15) is 98.4 Å². The second kappa shape index (κ2) is 26.6. The third-order valence-electron chi connectivity index (χ3n) is 22.0. The summed E-state index contributed by atoms with van der Waals surface area (Å²) >= 11 is 0. The van der Waals surface area contributed by atoms with E-state index in [2.05, 4.69) is 141 Å². The second-order valence-electron chi connectivity index (χ2n) is 28.4. The first-order valence-corrected chi connectivity index (χ1v) is 37.4. The number of ketones is 2. The molecule has 0 spiro atoms. The molecular weight excluding hydrogens is 1410 g/mol. The summed E-state index contributed by atoms with van der Waals surface area (Å²) in [6, 6.07) is 84.7. The van der Waals surface area contributed by atoms with Crippen molar-refractivity contribution in [1.82, 2.24) is 48.7 Å². The van der Waals surface area contributed by atoms with E-state index in [1.54, 1.807) is 24.5 Å². The minimum absolute atomic E-state index is 0.107. The average Bonchev–Trinajstić information content (AvgIpc) is 1.53. The Hall–Kier alpha value is -15.7. The van der Waals surface area contributed by atoms with Crippen LogP contribution in [0.2, 0.25) is 0 Å². The Labute approximate surface area is 650 Å². The number of nitrogens with zero attached hydrogens (tertiary/aromatic N) is 6. The predicted octanol–water partition coefficient (Wildman–Crippen LogP) is 21.8. The summed E-state index contributed by atoms with van der Waals surface area (Å²) in [5, 5.41) is 0. The molecule has 16 heteroatoms. The van der Waals surface area contributed by atoms with Crippen molar-refractivity contribution in [3.8, 4) is 89.0 Å². The Morgan fingerprint density at radius 1 is 0.254 bits per heavy atom. The quantitative estimate of drug-likeness (QED) is 0.0952. The lowest BCUT2D eigenvalue weighted by molar-refractivity contribution is 0.0581.